The molecule has 0 unspecified atom stereocenters. The van der Waals surface area contributed by atoms with E-state index >= 15 is 0 Å². The molecule has 4 rings (SSSR count). The van der Waals surface area contributed by atoms with Crippen molar-refractivity contribution in [3.63, 3.8) is 0 Å². The van der Waals surface area contributed by atoms with Crippen molar-refractivity contribution in [2.45, 2.75) is 31.1 Å². The van der Waals surface area contributed by atoms with Crippen LogP contribution >= 0.6 is 15.9 Å². The second-order valence-corrected chi connectivity index (χ2v) is 7.01. The summed E-state index contributed by atoms with van der Waals surface area (Å²) in [5, 5.41) is 13.1. The van der Waals surface area contributed by atoms with E-state index in [1.54, 1.807) is 0 Å². The number of rotatable bonds is 2. The highest BCUT2D eigenvalue weighted by Crippen LogP contribution is 2.49. The average molecular weight is 375 g/mol. The lowest BCUT2D eigenvalue weighted by molar-refractivity contribution is -0.111. The minimum atomic E-state index is -0.0978. The van der Waals surface area contributed by atoms with E-state index in [1.165, 1.54) is 5.56 Å². The monoisotopic (exact) mass is 374 g/mol. The van der Waals surface area contributed by atoms with Gasteiger partial charge in [0.25, 0.3) is 0 Å². The smallest absolute Gasteiger partial charge is 0.107 e. The fourth-order valence-electron chi connectivity index (χ4n) is 3.70. The summed E-state index contributed by atoms with van der Waals surface area (Å²) in [5.74, 6) is 0.314. The number of nitrogens with zero attached hydrogens (tertiary/aromatic N) is 1. The Morgan fingerprint density at radius 3 is 2.78 bits per heavy atom. The van der Waals surface area contributed by atoms with Gasteiger partial charge in [0, 0.05) is 5.92 Å². The van der Waals surface area contributed by atoms with Crippen molar-refractivity contribution in [3.05, 3.63) is 58.3 Å². The van der Waals surface area contributed by atoms with E-state index in [4.69, 9.17) is 4.74 Å². The zero-order valence-corrected chi connectivity index (χ0v) is 14.2. The predicted octanol–water partition coefficient (Wildman–Crippen LogP) is 3.84. The lowest BCUT2D eigenvalue weighted by Crippen LogP contribution is -2.40. The summed E-state index contributed by atoms with van der Waals surface area (Å²) in [7, 11) is 0. The predicted molar refractivity (Wildman–Crippen MR) is 92.2 cm³/mol. The number of nitrogens with one attached hydrogen (secondary N) is 1. The largest absolute Gasteiger partial charge is 0.394 e. The number of anilines is 1. The van der Waals surface area contributed by atoms with Crippen molar-refractivity contribution in [3.8, 4) is 0 Å². The minimum Gasteiger partial charge on any atom is -0.394 e. The van der Waals surface area contributed by atoms with E-state index in [0.29, 0.717) is 5.92 Å². The molecular weight excluding hydrogens is 356 g/mol. The molecule has 0 bridgehead atoms. The maximum absolute atomic E-state index is 9.50. The van der Waals surface area contributed by atoms with Gasteiger partial charge in [-0.1, -0.05) is 30.3 Å². The summed E-state index contributed by atoms with van der Waals surface area (Å²) in [4.78, 5) is 4.64. The van der Waals surface area contributed by atoms with Crippen LogP contribution in [0.1, 0.15) is 36.2 Å². The molecule has 2 N–H and O–H groups in total. The van der Waals surface area contributed by atoms with Crippen molar-refractivity contribution >= 4 is 21.6 Å². The molecule has 1 saturated heterocycles. The van der Waals surface area contributed by atoms with Crippen LogP contribution < -0.4 is 5.32 Å². The molecule has 1 aromatic carbocycles. The number of hydrogen-bond donors (Lipinski definition) is 2. The van der Waals surface area contributed by atoms with Crippen molar-refractivity contribution < 1.29 is 9.84 Å². The van der Waals surface area contributed by atoms with Gasteiger partial charge in [0.15, 0.2) is 0 Å². The highest BCUT2D eigenvalue weighted by molar-refractivity contribution is 9.10. The molecule has 2 aliphatic heterocycles. The first-order valence-corrected chi connectivity index (χ1v) is 8.80. The van der Waals surface area contributed by atoms with Gasteiger partial charge in [-0.05, 0) is 46.5 Å². The van der Waals surface area contributed by atoms with Crippen LogP contribution in [0.3, 0.4) is 0 Å². The maximum atomic E-state index is 9.50. The van der Waals surface area contributed by atoms with E-state index in [1.807, 2.05) is 18.2 Å². The highest BCUT2D eigenvalue weighted by Gasteiger charge is 2.43. The van der Waals surface area contributed by atoms with E-state index in [0.717, 1.165) is 28.8 Å². The molecule has 4 nitrogen and oxygen atoms in total. The molecule has 4 atom stereocenters. The number of aliphatic hydroxyl groups excluding tert-OH is 1. The van der Waals surface area contributed by atoms with Crippen molar-refractivity contribution in [2.75, 3.05) is 11.9 Å². The number of fused-ring (bicyclic) bond motifs is 3. The van der Waals surface area contributed by atoms with Crippen LogP contribution in [0.25, 0.3) is 0 Å². The maximum Gasteiger partial charge on any atom is 0.107 e. The molecular formula is C18H19BrN2O2. The second kappa shape index (κ2) is 6.23. The number of hydrogen-bond acceptors (Lipinski definition) is 4. The van der Waals surface area contributed by atoms with Crippen LogP contribution in [0.5, 0.6) is 0 Å². The lowest BCUT2D eigenvalue weighted by Gasteiger charge is -2.44. The van der Waals surface area contributed by atoms with Crippen molar-refractivity contribution in [2.24, 2.45) is 5.92 Å². The topological polar surface area (TPSA) is 54.4 Å². The summed E-state index contributed by atoms with van der Waals surface area (Å²) in [6.45, 7) is 0.0655. The molecule has 3 heterocycles. The zero-order chi connectivity index (χ0) is 15.8. The van der Waals surface area contributed by atoms with Gasteiger partial charge in [-0.3, -0.25) is 0 Å². The first-order chi connectivity index (χ1) is 11.3. The Morgan fingerprint density at radius 2 is 2.00 bits per heavy atom. The van der Waals surface area contributed by atoms with Crippen LogP contribution in [0.2, 0.25) is 0 Å². The lowest BCUT2D eigenvalue weighted by atomic mass is 9.78. The number of benzene rings is 1. The normalized spacial score (nSPS) is 29.3. The third-order valence-corrected chi connectivity index (χ3v) is 5.25. The fraction of sp³-hybridized carbons (Fsp3) is 0.389. The van der Waals surface area contributed by atoms with Gasteiger partial charge in [-0.2, -0.15) is 0 Å². The van der Waals surface area contributed by atoms with Crippen molar-refractivity contribution in [1.82, 2.24) is 4.98 Å². The summed E-state index contributed by atoms with van der Waals surface area (Å²) in [6.07, 6.45) is 1.71. The Kier molecular flexibility index (Phi) is 4.09. The third kappa shape index (κ3) is 2.77. The van der Waals surface area contributed by atoms with Gasteiger partial charge in [0.2, 0.25) is 0 Å². The van der Waals surface area contributed by atoms with Crippen LogP contribution in [-0.4, -0.2) is 22.8 Å². The quantitative estimate of drug-likeness (QED) is 0.784. The van der Waals surface area contributed by atoms with Gasteiger partial charge >= 0.3 is 0 Å². The van der Waals surface area contributed by atoms with E-state index in [-0.39, 0.29) is 24.9 Å². The number of aliphatic hydroxyl groups is 1. The second-order valence-electron chi connectivity index (χ2n) is 6.20. The number of pyridine rings is 1. The molecule has 0 amide bonds. The number of halogens is 1. The molecule has 0 spiro atoms. The Bertz CT molecular complexity index is 695. The zero-order valence-electron chi connectivity index (χ0n) is 12.7. The van der Waals surface area contributed by atoms with Crippen LogP contribution in [-0.2, 0) is 4.74 Å². The molecule has 2 aromatic rings. The Hall–Kier alpha value is -1.43. The standard InChI is InChI=1S/C18H19BrN2O2/c19-15-9-8-14-17(21-15)18-13(7-6-12(10-22)23-18)16(20-14)11-4-2-1-3-5-11/h1-5,8-9,12-13,16,18,20,22H,6-7,10H2/t12-,13+,16+,18+/m1/s1. The molecule has 2 aliphatic rings. The Morgan fingerprint density at radius 1 is 1.17 bits per heavy atom. The van der Waals surface area contributed by atoms with Gasteiger partial charge < -0.3 is 15.2 Å². The van der Waals surface area contributed by atoms with Crippen LogP contribution in [0.4, 0.5) is 5.69 Å². The molecule has 0 saturated carbocycles. The Balaban J connectivity index is 1.76. The number of ether oxygens (including phenoxy) is 1. The summed E-state index contributed by atoms with van der Waals surface area (Å²) in [5.41, 5.74) is 3.22. The molecule has 0 aliphatic carbocycles. The molecule has 1 aromatic heterocycles. The summed E-state index contributed by atoms with van der Waals surface area (Å²) in [6, 6.07) is 14.7. The molecule has 0 radical (unpaired) electrons. The van der Waals surface area contributed by atoms with Gasteiger partial charge in [-0.15, -0.1) is 0 Å². The van der Waals surface area contributed by atoms with E-state index < -0.39 is 0 Å². The molecule has 120 valence electrons. The molecule has 23 heavy (non-hydrogen) atoms. The third-order valence-electron chi connectivity index (χ3n) is 4.81. The Labute approximate surface area is 144 Å². The van der Waals surface area contributed by atoms with Crippen LogP contribution in [0.15, 0.2) is 47.1 Å². The van der Waals surface area contributed by atoms with E-state index in [9.17, 15) is 5.11 Å². The molecule has 1 fully saturated rings. The summed E-state index contributed by atoms with van der Waals surface area (Å²) < 4.78 is 7.01. The van der Waals surface area contributed by atoms with Crippen LogP contribution in [0, 0.1) is 5.92 Å². The minimum absolute atomic E-state index is 0.0655. The number of aromatic nitrogens is 1. The average Bonchev–Trinajstić information content (AvgIpc) is 2.61. The fourth-order valence-corrected chi connectivity index (χ4v) is 4.03. The van der Waals surface area contributed by atoms with Crippen molar-refractivity contribution in [1.29, 1.82) is 0 Å². The van der Waals surface area contributed by atoms with Gasteiger partial charge in [0.1, 0.15) is 10.7 Å². The first-order valence-electron chi connectivity index (χ1n) is 8.00. The van der Waals surface area contributed by atoms with E-state index in [2.05, 4.69) is 50.5 Å². The summed E-state index contributed by atoms with van der Waals surface area (Å²) >= 11 is 3.46. The highest BCUT2D eigenvalue weighted by atomic mass is 79.9. The molecule has 5 heteroatoms. The van der Waals surface area contributed by atoms with Gasteiger partial charge in [0.05, 0.1) is 30.1 Å². The SMILES string of the molecule is OC[C@H]1CC[C@@H]2[C@H](O1)c1nc(Br)ccc1N[C@H]2c1ccccc1. The van der Waals surface area contributed by atoms with Gasteiger partial charge in [-0.25, -0.2) is 4.98 Å². The first kappa shape index (κ1) is 15.1.